The standard InChI is InChI=1S/C22H24N4O3/c1-13-7-6-8-14(2)20(13)26-22-23-15(3)11-18(25-22)21(27)24-17-12-16(28-4)9-10-19(17)29-5/h6-12H,1-5H3,(H,24,27)(H,23,25,26). The van der Waals surface area contributed by atoms with Crippen LogP contribution in [0.15, 0.2) is 42.5 Å². The minimum absolute atomic E-state index is 0.246. The number of aromatic nitrogens is 2. The van der Waals surface area contributed by atoms with Crippen LogP contribution in [-0.4, -0.2) is 30.1 Å². The number of carbonyl (C=O) groups is 1. The van der Waals surface area contributed by atoms with E-state index in [9.17, 15) is 4.79 Å². The summed E-state index contributed by atoms with van der Waals surface area (Å²) in [4.78, 5) is 21.7. The van der Waals surface area contributed by atoms with Crippen molar-refractivity contribution in [1.29, 1.82) is 0 Å². The van der Waals surface area contributed by atoms with E-state index in [0.29, 0.717) is 28.8 Å². The molecule has 150 valence electrons. The van der Waals surface area contributed by atoms with Crippen LogP contribution in [0.1, 0.15) is 27.3 Å². The van der Waals surface area contributed by atoms with Gasteiger partial charge in [0.1, 0.15) is 17.2 Å². The molecule has 2 N–H and O–H groups in total. The largest absolute Gasteiger partial charge is 0.497 e. The molecule has 1 amide bonds. The van der Waals surface area contributed by atoms with Gasteiger partial charge in [-0.3, -0.25) is 4.79 Å². The van der Waals surface area contributed by atoms with Gasteiger partial charge in [0, 0.05) is 17.4 Å². The van der Waals surface area contributed by atoms with E-state index in [2.05, 4.69) is 20.6 Å². The maximum Gasteiger partial charge on any atom is 0.274 e. The summed E-state index contributed by atoms with van der Waals surface area (Å²) in [6.45, 7) is 5.84. The molecule has 2 aromatic carbocycles. The smallest absolute Gasteiger partial charge is 0.274 e. The summed E-state index contributed by atoms with van der Waals surface area (Å²) < 4.78 is 10.5. The van der Waals surface area contributed by atoms with E-state index >= 15 is 0 Å². The van der Waals surface area contributed by atoms with Crippen LogP contribution < -0.4 is 20.1 Å². The maximum atomic E-state index is 12.8. The third kappa shape index (κ3) is 4.63. The maximum absolute atomic E-state index is 12.8. The highest BCUT2D eigenvalue weighted by Gasteiger charge is 2.15. The third-order valence-electron chi connectivity index (χ3n) is 4.46. The van der Waals surface area contributed by atoms with E-state index in [1.54, 1.807) is 38.5 Å². The zero-order valence-corrected chi connectivity index (χ0v) is 17.2. The van der Waals surface area contributed by atoms with E-state index in [1.807, 2.05) is 39.0 Å². The lowest BCUT2D eigenvalue weighted by atomic mass is 10.1. The Morgan fingerprint density at radius 1 is 0.931 bits per heavy atom. The quantitative estimate of drug-likeness (QED) is 0.646. The number of carbonyl (C=O) groups excluding carboxylic acids is 1. The second-order valence-electron chi connectivity index (χ2n) is 6.63. The van der Waals surface area contributed by atoms with Crippen molar-refractivity contribution in [3.63, 3.8) is 0 Å². The van der Waals surface area contributed by atoms with Gasteiger partial charge in [-0.1, -0.05) is 18.2 Å². The highest BCUT2D eigenvalue weighted by Crippen LogP contribution is 2.29. The molecule has 0 unspecified atom stereocenters. The second kappa shape index (κ2) is 8.60. The zero-order valence-electron chi connectivity index (χ0n) is 17.2. The average Bonchev–Trinajstić information content (AvgIpc) is 2.70. The fourth-order valence-corrected chi connectivity index (χ4v) is 2.96. The molecule has 7 heteroatoms. The number of nitrogens with zero attached hydrogens (tertiary/aromatic N) is 2. The summed E-state index contributed by atoms with van der Waals surface area (Å²) in [6.07, 6.45) is 0. The van der Waals surface area contributed by atoms with Gasteiger partial charge in [-0.05, 0) is 50.1 Å². The average molecular weight is 392 g/mol. The summed E-state index contributed by atoms with van der Waals surface area (Å²) >= 11 is 0. The van der Waals surface area contributed by atoms with Gasteiger partial charge in [0.2, 0.25) is 5.95 Å². The number of amides is 1. The lowest BCUT2D eigenvalue weighted by Crippen LogP contribution is -2.16. The summed E-state index contributed by atoms with van der Waals surface area (Å²) in [6, 6.07) is 12.8. The molecular weight excluding hydrogens is 368 g/mol. The number of benzene rings is 2. The van der Waals surface area contributed by atoms with Crippen molar-refractivity contribution in [2.24, 2.45) is 0 Å². The summed E-state index contributed by atoms with van der Waals surface area (Å²) in [7, 11) is 3.10. The van der Waals surface area contributed by atoms with E-state index in [1.165, 1.54) is 0 Å². The van der Waals surface area contributed by atoms with Crippen LogP contribution >= 0.6 is 0 Å². The molecule has 0 aliphatic carbocycles. The van der Waals surface area contributed by atoms with Crippen molar-refractivity contribution in [1.82, 2.24) is 9.97 Å². The second-order valence-corrected chi connectivity index (χ2v) is 6.63. The molecule has 0 aliphatic rings. The predicted molar refractivity (Wildman–Crippen MR) is 113 cm³/mol. The summed E-state index contributed by atoms with van der Waals surface area (Å²) in [5, 5.41) is 6.07. The molecule has 0 atom stereocenters. The highest BCUT2D eigenvalue weighted by atomic mass is 16.5. The molecule has 1 aromatic heterocycles. The molecular formula is C22H24N4O3. The molecule has 7 nitrogen and oxygen atoms in total. The van der Waals surface area contributed by atoms with Crippen LogP contribution in [0.3, 0.4) is 0 Å². The van der Waals surface area contributed by atoms with Crippen molar-refractivity contribution in [3.8, 4) is 11.5 Å². The van der Waals surface area contributed by atoms with E-state index in [0.717, 1.165) is 16.8 Å². The summed E-state index contributed by atoms with van der Waals surface area (Å²) in [5.74, 6) is 1.13. The van der Waals surface area contributed by atoms with Gasteiger partial charge >= 0.3 is 0 Å². The van der Waals surface area contributed by atoms with Gasteiger partial charge in [-0.15, -0.1) is 0 Å². The van der Waals surface area contributed by atoms with Crippen LogP contribution in [0, 0.1) is 20.8 Å². The Hall–Kier alpha value is -3.61. The van der Waals surface area contributed by atoms with Gasteiger partial charge in [-0.2, -0.15) is 0 Å². The number of aryl methyl sites for hydroxylation is 3. The number of hydrogen-bond donors (Lipinski definition) is 2. The van der Waals surface area contributed by atoms with Crippen LogP contribution in [-0.2, 0) is 0 Å². The summed E-state index contributed by atoms with van der Waals surface area (Å²) in [5.41, 5.74) is 4.49. The fraction of sp³-hybridized carbons (Fsp3) is 0.227. The lowest BCUT2D eigenvalue weighted by Gasteiger charge is -2.14. The first kappa shape index (κ1) is 20.1. The first-order valence-electron chi connectivity index (χ1n) is 9.13. The van der Waals surface area contributed by atoms with E-state index in [4.69, 9.17) is 9.47 Å². The molecule has 0 saturated heterocycles. The molecule has 3 rings (SSSR count). The Kier molecular flexibility index (Phi) is 5.97. The monoisotopic (exact) mass is 392 g/mol. The minimum atomic E-state index is -0.369. The number of rotatable bonds is 6. The first-order valence-corrected chi connectivity index (χ1v) is 9.13. The first-order chi connectivity index (χ1) is 13.9. The number of anilines is 3. The molecule has 1 heterocycles. The number of methoxy groups -OCH3 is 2. The number of para-hydroxylation sites is 1. The molecule has 0 aliphatic heterocycles. The van der Waals surface area contributed by atoms with Gasteiger partial charge in [0.25, 0.3) is 5.91 Å². The molecule has 0 bridgehead atoms. The van der Waals surface area contributed by atoms with Crippen molar-refractivity contribution < 1.29 is 14.3 Å². The van der Waals surface area contributed by atoms with Gasteiger partial charge in [-0.25, -0.2) is 9.97 Å². The Labute approximate surface area is 170 Å². The molecule has 0 spiro atoms. The highest BCUT2D eigenvalue weighted by molar-refractivity contribution is 6.04. The third-order valence-corrected chi connectivity index (χ3v) is 4.46. The fourth-order valence-electron chi connectivity index (χ4n) is 2.96. The predicted octanol–water partition coefficient (Wildman–Crippen LogP) is 4.41. The molecule has 0 radical (unpaired) electrons. The van der Waals surface area contributed by atoms with Crippen molar-refractivity contribution in [2.75, 3.05) is 24.9 Å². The van der Waals surface area contributed by atoms with E-state index in [-0.39, 0.29) is 11.6 Å². The molecule has 0 saturated carbocycles. The van der Waals surface area contributed by atoms with Crippen molar-refractivity contribution in [3.05, 3.63) is 65.0 Å². The lowest BCUT2D eigenvalue weighted by molar-refractivity contribution is 0.102. The molecule has 3 aromatic rings. The zero-order chi connectivity index (χ0) is 21.0. The Morgan fingerprint density at radius 3 is 2.31 bits per heavy atom. The van der Waals surface area contributed by atoms with Crippen molar-refractivity contribution >= 4 is 23.2 Å². The normalized spacial score (nSPS) is 10.4. The van der Waals surface area contributed by atoms with Crippen LogP contribution in [0.2, 0.25) is 0 Å². The number of hydrogen-bond acceptors (Lipinski definition) is 6. The Bertz CT molecular complexity index is 1030. The Morgan fingerprint density at radius 2 is 1.66 bits per heavy atom. The number of ether oxygens (including phenoxy) is 2. The Balaban J connectivity index is 1.89. The molecule has 0 fully saturated rings. The van der Waals surface area contributed by atoms with Gasteiger partial charge < -0.3 is 20.1 Å². The minimum Gasteiger partial charge on any atom is -0.497 e. The van der Waals surface area contributed by atoms with Gasteiger partial charge in [0.05, 0.1) is 19.9 Å². The molecule has 29 heavy (non-hydrogen) atoms. The van der Waals surface area contributed by atoms with Crippen molar-refractivity contribution in [2.45, 2.75) is 20.8 Å². The van der Waals surface area contributed by atoms with Crippen LogP contribution in [0.25, 0.3) is 0 Å². The van der Waals surface area contributed by atoms with Crippen LogP contribution in [0.4, 0.5) is 17.3 Å². The van der Waals surface area contributed by atoms with Gasteiger partial charge in [0.15, 0.2) is 0 Å². The SMILES string of the molecule is COc1ccc(OC)c(NC(=O)c2cc(C)nc(Nc3c(C)cccc3C)n2)c1. The topological polar surface area (TPSA) is 85.4 Å². The van der Waals surface area contributed by atoms with Crippen LogP contribution in [0.5, 0.6) is 11.5 Å². The number of nitrogens with one attached hydrogen (secondary N) is 2. The van der Waals surface area contributed by atoms with E-state index < -0.39 is 0 Å².